The molecule has 0 spiro atoms. The number of Topliss-reactive ketones (excluding diaryl/α,β-unsaturated/α-hetero) is 1. The van der Waals surface area contributed by atoms with Crippen molar-refractivity contribution in [2.24, 2.45) is 0 Å². The van der Waals surface area contributed by atoms with Crippen LogP contribution in [0, 0.1) is 0 Å². The van der Waals surface area contributed by atoms with Crippen molar-refractivity contribution in [3.05, 3.63) is 45.9 Å². The van der Waals surface area contributed by atoms with Crippen LogP contribution in [-0.4, -0.2) is 30.2 Å². The number of nitrogens with one attached hydrogen (secondary N) is 2. The molecule has 20 heavy (non-hydrogen) atoms. The van der Waals surface area contributed by atoms with Gasteiger partial charge in [0.05, 0.1) is 11.4 Å². The number of rotatable bonds is 5. The molecule has 5 nitrogen and oxygen atoms in total. The molecular formula is C14H17N3O2S. The van der Waals surface area contributed by atoms with E-state index in [0.29, 0.717) is 12.0 Å². The quantitative estimate of drug-likeness (QED) is 0.640. The van der Waals surface area contributed by atoms with E-state index >= 15 is 0 Å². The van der Waals surface area contributed by atoms with Crippen LogP contribution in [0.5, 0.6) is 0 Å². The molecule has 1 aromatic heterocycles. The summed E-state index contributed by atoms with van der Waals surface area (Å²) in [4.78, 5) is 26.5. The fourth-order valence-corrected chi connectivity index (χ4v) is 2.56. The number of allylic oxidation sites excluding steroid dienone is 2. The molecule has 1 aromatic rings. The van der Waals surface area contributed by atoms with Crippen LogP contribution in [0.3, 0.4) is 0 Å². The Morgan fingerprint density at radius 2 is 2.25 bits per heavy atom. The summed E-state index contributed by atoms with van der Waals surface area (Å²) >= 11 is 1.43. The van der Waals surface area contributed by atoms with E-state index in [2.05, 4.69) is 10.9 Å². The first-order chi connectivity index (χ1) is 9.61. The fraction of sp³-hybridized carbons (Fsp3) is 0.286. The number of carbonyl (C=O) groups is 2. The fourth-order valence-electron chi connectivity index (χ4n) is 1.90. The maximum atomic E-state index is 12.1. The SMILES string of the molecule is CNNC(=O)C1=CN(CC(=O)c2cccs2)C(C)=CC1. The summed E-state index contributed by atoms with van der Waals surface area (Å²) in [6.07, 6.45) is 4.27. The first kappa shape index (κ1) is 14.5. The van der Waals surface area contributed by atoms with Crippen LogP contribution in [0.25, 0.3) is 0 Å². The van der Waals surface area contributed by atoms with E-state index in [1.165, 1.54) is 11.3 Å². The monoisotopic (exact) mass is 291 g/mol. The van der Waals surface area contributed by atoms with Gasteiger partial charge in [-0.3, -0.25) is 15.0 Å². The summed E-state index contributed by atoms with van der Waals surface area (Å²) in [6, 6.07) is 3.67. The first-order valence-corrected chi connectivity index (χ1v) is 7.17. The third-order valence-corrected chi connectivity index (χ3v) is 3.93. The van der Waals surface area contributed by atoms with E-state index in [0.717, 1.165) is 10.6 Å². The van der Waals surface area contributed by atoms with Gasteiger partial charge in [0, 0.05) is 24.5 Å². The molecule has 1 aliphatic heterocycles. The van der Waals surface area contributed by atoms with Gasteiger partial charge in [-0.1, -0.05) is 12.1 Å². The minimum absolute atomic E-state index is 0.0549. The van der Waals surface area contributed by atoms with Gasteiger partial charge in [-0.05, 0) is 24.8 Å². The zero-order valence-electron chi connectivity index (χ0n) is 11.5. The summed E-state index contributed by atoms with van der Waals surface area (Å²) in [5.74, 6) is -0.121. The summed E-state index contributed by atoms with van der Waals surface area (Å²) in [6.45, 7) is 2.18. The molecule has 0 saturated carbocycles. The summed E-state index contributed by atoms with van der Waals surface area (Å²) in [7, 11) is 1.64. The zero-order valence-corrected chi connectivity index (χ0v) is 12.3. The summed E-state index contributed by atoms with van der Waals surface area (Å²) in [5.41, 5.74) is 6.76. The summed E-state index contributed by atoms with van der Waals surface area (Å²) < 4.78 is 0. The van der Waals surface area contributed by atoms with Crippen molar-refractivity contribution in [2.75, 3.05) is 13.6 Å². The zero-order chi connectivity index (χ0) is 14.5. The van der Waals surface area contributed by atoms with E-state index in [1.807, 2.05) is 35.4 Å². The lowest BCUT2D eigenvalue weighted by molar-refractivity contribution is -0.118. The standard InChI is InChI=1S/C14H17N3O2S/c1-10-5-6-11(14(19)16-15-2)8-17(10)9-12(18)13-4-3-7-20-13/h3-5,7-8,15H,6,9H2,1-2H3,(H,16,19). The smallest absolute Gasteiger partial charge is 0.263 e. The van der Waals surface area contributed by atoms with Gasteiger partial charge in [-0.2, -0.15) is 0 Å². The highest BCUT2D eigenvalue weighted by atomic mass is 32.1. The highest BCUT2D eigenvalue weighted by molar-refractivity contribution is 7.12. The molecule has 6 heteroatoms. The van der Waals surface area contributed by atoms with Crippen molar-refractivity contribution in [3.8, 4) is 0 Å². The van der Waals surface area contributed by atoms with Crippen LogP contribution in [0.4, 0.5) is 0 Å². The van der Waals surface area contributed by atoms with Gasteiger partial charge in [0.25, 0.3) is 5.91 Å². The van der Waals surface area contributed by atoms with Gasteiger partial charge >= 0.3 is 0 Å². The second-order valence-corrected chi connectivity index (χ2v) is 5.38. The van der Waals surface area contributed by atoms with Crippen molar-refractivity contribution in [1.29, 1.82) is 0 Å². The van der Waals surface area contributed by atoms with Gasteiger partial charge in [-0.15, -0.1) is 11.3 Å². The molecule has 0 aromatic carbocycles. The molecule has 1 amide bonds. The van der Waals surface area contributed by atoms with Crippen molar-refractivity contribution in [2.45, 2.75) is 13.3 Å². The molecule has 0 atom stereocenters. The molecule has 0 fully saturated rings. The predicted molar refractivity (Wildman–Crippen MR) is 79.0 cm³/mol. The Morgan fingerprint density at radius 1 is 1.45 bits per heavy atom. The van der Waals surface area contributed by atoms with Crippen molar-refractivity contribution in [1.82, 2.24) is 15.8 Å². The van der Waals surface area contributed by atoms with Crippen molar-refractivity contribution in [3.63, 3.8) is 0 Å². The van der Waals surface area contributed by atoms with Gasteiger partial charge in [0.2, 0.25) is 0 Å². The van der Waals surface area contributed by atoms with E-state index < -0.39 is 0 Å². The van der Waals surface area contributed by atoms with E-state index in [-0.39, 0.29) is 18.2 Å². The number of hydrogen-bond acceptors (Lipinski definition) is 5. The minimum atomic E-state index is -0.176. The second-order valence-electron chi connectivity index (χ2n) is 4.44. The second kappa shape index (κ2) is 6.49. The minimum Gasteiger partial charge on any atom is -0.344 e. The molecule has 0 aliphatic carbocycles. The van der Waals surface area contributed by atoms with Crippen molar-refractivity contribution >= 4 is 23.0 Å². The normalized spacial score (nSPS) is 14.6. The Morgan fingerprint density at radius 3 is 2.90 bits per heavy atom. The molecule has 2 N–H and O–H groups in total. The van der Waals surface area contributed by atoms with Gasteiger partial charge < -0.3 is 4.90 Å². The third-order valence-electron chi connectivity index (χ3n) is 3.02. The average Bonchev–Trinajstić information content (AvgIpc) is 2.95. The lowest BCUT2D eigenvalue weighted by Gasteiger charge is -2.25. The average molecular weight is 291 g/mol. The number of ketones is 1. The first-order valence-electron chi connectivity index (χ1n) is 6.29. The lowest BCUT2D eigenvalue weighted by atomic mass is 10.1. The van der Waals surface area contributed by atoms with Gasteiger partial charge in [-0.25, -0.2) is 5.43 Å². The lowest BCUT2D eigenvalue weighted by Crippen LogP contribution is -2.37. The Hall–Kier alpha value is -1.92. The molecule has 2 rings (SSSR count). The van der Waals surface area contributed by atoms with Gasteiger partial charge in [0.1, 0.15) is 0 Å². The largest absolute Gasteiger partial charge is 0.344 e. The Bertz CT molecular complexity index is 561. The number of amides is 1. The molecule has 106 valence electrons. The van der Waals surface area contributed by atoms with Crippen LogP contribution in [-0.2, 0) is 4.79 Å². The Labute approximate surface area is 121 Å². The summed E-state index contributed by atoms with van der Waals surface area (Å²) in [5, 5.41) is 1.88. The number of hydrogen-bond donors (Lipinski definition) is 2. The number of carbonyl (C=O) groups excluding carboxylic acids is 2. The topological polar surface area (TPSA) is 61.4 Å². The number of nitrogens with zero attached hydrogens (tertiary/aromatic N) is 1. The molecule has 0 unspecified atom stereocenters. The number of hydrazine groups is 1. The van der Waals surface area contributed by atoms with Crippen LogP contribution in [0.15, 0.2) is 41.1 Å². The predicted octanol–water partition coefficient (Wildman–Crippen LogP) is 1.67. The van der Waals surface area contributed by atoms with Crippen molar-refractivity contribution < 1.29 is 9.59 Å². The number of thiophene rings is 1. The third kappa shape index (κ3) is 3.34. The van der Waals surface area contributed by atoms with Crippen LogP contribution >= 0.6 is 11.3 Å². The highest BCUT2D eigenvalue weighted by Gasteiger charge is 2.18. The maximum absolute atomic E-state index is 12.1. The van der Waals surface area contributed by atoms with Gasteiger partial charge in [0.15, 0.2) is 5.78 Å². The molecule has 0 radical (unpaired) electrons. The molecular weight excluding hydrogens is 274 g/mol. The molecule has 2 heterocycles. The van der Waals surface area contributed by atoms with E-state index in [1.54, 1.807) is 13.2 Å². The van der Waals surface area contributed by atoms with E-state index in [9.17, 15) is 9.59 Å². The highest BCUT2D eigenvalue weighted by Crippen LogP contribution is 2.19. The van der Waals surface area contributed by atoms with Crippen LogP contribution in [0.1, 0.15) is 23.0 Å². The van der Waals surface area contributed by atoms with Crippen LogP contribution in [0.2, 0.25) is 0 Å². The molecule has 1 aliphatic rings. The molecule has 0 saturated heterocycles. The van der Waals surface area contributed by atoms with E-state index in [4.69, 9.17) is 0 Å². The van der Waals surface area contributed by atoms with Crippen LogP contribution < -0.4 is 10.9 Å². The maximum Gasteiger partial charge on any atom is 0.263 e. The Kier molecular flexibility index (Phi) is 4.70. The Balaban J connectivity index is 2.08. The molecule has 0 bridgehead atoms.